The summed E-state index contributed by atoms with van der Waals surface area (Å²) in [5, 5.41) is 2.69. The molecule has 1 N–H and O–H groups in total. The van der Waals surface area contributed by atoms with Gasteiger partial charge in [0.25, 0.3) is 5.91 Å². The van der Waals surface area contributed by atoms with E-state index in [0.29, 0.717) is 23.7 Å². The first-order chi connectivity index (χ1) is 6.81. The smallest absolute Gasteiger partial charge is 0.266 e. The molecule has 1 unspecified atom stereocenters. The molecule has 1 atom stereocenters. The highest BCUT2D eigenvalue weighted by molar-refractivity contribution is 7.80. The lowest BCUT2D eigenvalue weighted by molar-refractivity contribution is -0.123. The fourth-order valence-corrected chi connectivity index (χ4v) is 1.53. The average Bonchev–Trinajstić information content (AvgIpc) is 2.19. The molecule has 1 amide bonds. The molecular weight excluding hydrogens is 200 g/mol. The van der Waals surface area contributed by atoms with Gasteiger partial charge in [0.05, 0.1) is 0 Å². The molecule has 0 radical (unpaired) electrons. The van der Waals surface area contributed by atoms with Gasteiger partial charge in [-0.1, -0.05) is 0 Å². The van der Waals surface area contributed by atoms with Gasteiger partial charge in [0.1, 0.15) is 0 Å². The highest BCUT2D eigenvalue weighted by atomic mass is 32.1. The van der Waals surface area contributed by atoms with Crippen molar-refractivity contribution in [2.45, 2.75) is 12.5 Å². The van der Waals surface area contributed by atoms with Gasteiger partial charge in [-0.2, -0.15) is 12.6 Å². The van der Waals surface area contributed by atoms with Crippen molar-refractivity contribution in [2.24, 2.45) is 0 Å². The third-order valence-electron chi connectivity index (χ3n) is 1.97. The van der Waals surface area contributed by atoms with Crippen molar-refractivity contribution in [1.29, 1.82) is 0 Å². The van der Waals surface area contributed by atoms with Gasteiger partial charge in [-0.05, 0) is 17.9 Å². The van der Waals surface area contributed by atoms with Crippen LogP contribution in [-0.2, 0) is 4.79 Å². The second-order valence-electron chi connectivity index (χ2n) is 2.96. The lowest BCUT2D eigenvalue weighted by Crippen LogP contribution is -2.37. The topological polar surface area (TPSA) is 51.2 Å². The molecule has 1 aliphatic heterocycles. The monoisotopic (exact) mass is 210 g/mol. The first kappa shape index (κ1) is 9.33. The van der Waals surface area contributed by atoms with Gasteiger partial charge in [-0.25, -0.2) is 4.98 Å². The number of nitrogens with zero attached hydrogens (tertiary/aromatic N) is 1. The predicted molar refractivity (Wildman–Crippen MR) is 55.8 cm³/mol. The summed E-state index contributed by atoms with van der Waals surface area (Å²) in [6, 6.07) is 3.56. The van der Waals surface area contributed by atoms with E-state index in [-0.39, 0.29) is 5.91 Å². The van der Waals surface area contributed by atoms with Crippen molar-refractivity contribution in [2.75, 3.05) is 11.1 Å². The number of amides is 1. The molecular formula is C9H10N2O2S. The van der Waals surface area contributed by atoms with Crippen molar-refractivity contribution in [3.63, 3.8) is 0 Å². The Morgan fingerprint density at radius 1 is 1.64 bits per heavy atom. The molecule has 0 spiro atoms. The molecule has 0 aliphatic carbocycles. The van der Waals surface area contributed by atoms with E-state index < -0.39 is 6.10 Å². The van der Waals surface area contributed by atoms with E-state index >= 15 is 0 Å². The summed E-state index contributed by atoms with van der Waals surface area (Å²) in [6.45, 7) is 0. The maximum Gasteiger partial charge on any atom is 0.266 e. The average molecular weight is 210 g/mol. The third-order valence-corrected chi connectivity index (χ3v) is 2.22. The largest absolute Gasteiger partial charge is 0.477 e. The molecule has 2 heterocycles. The number of carbonyl (C=O) groups excluding carboxylic acids is 1. The minimum atomic E-state index is -0.441. The van der Waals surface area contributed by atoms with E-state index in [1.165, 1.54) is 0 Å². The number of rotatable bonds is 2. The zero-order valence-electron chi connectivity index (χ0n) is 7.43. The minimum Gasteiger partial charge on any atom is -0.477 e. The highest BCUT2D eigenvalue weighted by Crippen LogP contribution is 2.27. The van der Waals surface area contributed by atoms with E-state index in [4.69, 9.17) is 4.74 Å². The number of thiol groups is 1. The Morgan fingerprint density at radius 2 is 2.50 bits per heavy atom. The van der Waals surface area contributed by atoms with Crippen LogP contribution >= 0.6 is 12.6 Å². The number of pyridine rings is 1. The Kier molecular flexibility index (Phi) is 2.58. The quantitative estimate of drug-likeness (QED) is 0.719. The zero-order valence-corrected chi connectivity index (χ0v) is 8.33. The van der Waals surface area contributed by atoms with Crippen molar-refractivity contribution < 1.29 is 9.53 Å². The van der Waals surface area contributed by atoms with E-state index in [1.54, 1.807) is 18.3 Å². The van der Waals surface area contributed by atoms with Crippen LogP contribution in [0, 0.1) is 0 Å². The normalized spacial score (nSPS) is 19.5. The van der Waals surface area contributed by atoms with Crippen molar-refractivity contribution in [1.82, 2.24) is 4.98 Å². The van der Waals surface area contributed by atoms with Gasteiger partial charge < -0.3 is 10.1 Å². The minimum absolute atomic E-state index is 0.148. The lowest BCUT2D eigenvalue weighted by Gasteiger charge is -2.24. The first-order valence-electron chi connectivity index (χ1n) is 4.34. The van der Waals surface area contributed by atoms with Gasteiger partial charge in [0.15, 0.2) is 17.7 Å². The molecule has 1 aliphatic rings. The summed E-state index contributed by atoms with van der Waals surface area (Å²) in [6.07, 6.45) is 1.77. The highest BCUT2D eigenvalue weighted by Gasteiger charge is 2.27. The van der Waals surface area contributed by atoms with E-state index in [9.17, 15) is 4.79 Å². The van der Waals surface area contributed by atoms with Gasteiger partial charge in [0, 0.05) is 12.6 Å². The SMILES string of the molecule is O=C1Nc2ncccc2OC1CCS. The molecule has 0 bridgehead atoms. The van der Waals surface area contributed by atoms with Gasteiger partial charge in [-0.15, -0.1) is 0 Å². The van der Waals surface area contributed by atoms with Gasteiger partial charge in [0.2, 0.25) is 0 Å². The predicted octanol–water partition coefficient (Wildman–Crippen LogP) is 1.10. The standard InChI is InChI=1S/C9H10N2O2S/c12-9-7(3-5-14)13-6-2-1-4-10-8(6)11-9/h1-2,4,7,14H,3,5H2,(H,10,11,12). The van der Waals surface area contributed by atoms with Crippen LogP contribution in [0.15, 0.2) is 18.3 Å². The Bertz CT molecular complexity index is 356. The molecule has 74 valence electrons. The van der Waals surface area contributed by atoms with Crippen LogP contribution in [0.25, 0.3) is 0 Å². The van der Waals surface area contributed by atoms with Gasteiger partial charge in [-0.3, -0.25) is 4.79 Å². The molecule has 2 rings (SSSR count). The Hall–Kier alpha value is -1.23. The molecule has 0 fully saturated rings. The number of carbonyl (C=O) groups is 1. The van der Waals surface area contributed by atoms with Crippen LogP contribution in [0.5, 0.6) is 5.75 Å². The molecule has 5 heteroatoms. The number of anilines is 1. The summed E-state index contributed by atoms with van der Waals surface area (Å²) < 4.78 is 5.46. The van der Waals surface area contributed by atoms with Crippen LogP contribution < -0.4 is 10.1 Å². The second kappa shape index (κ2) is 3.88. The number of fused-ring (bicyclic) bond motifs is 1. The zero-order chi connectivity index (χ0) is 9.97. The number of aromatic nitrogens is 1. The molecule has 1 aromatic rings. The van der Waals surface area contributed by atoms with Crippen LogP contribution in [0.1, 0.15) is 6.42 Å². The first-order valence-corrected chi connectivity index (χ1v) is 4.98. The van der Waals surface area contributed by atoms with Crippen LogP contribution in [-0.4, -0.2) is 22.7 Å². The molecule has 4 nitrogen and oxygen atoms in total. The van der Waals surface area contributed by atoms with Crippen LogP contribution in [0.2, 0.25) is 0 Å². The maximum absolute atomic E-state index is 11.4. The van der Waals surface area contributed by atoms with E-state index in [2.05, 4.69) is 22.9 Å². The molecule has 0 saturated heterocycles. The molecule has 0 saturated carbocycles. The van der Waals surface area contributed by atoms with Crippen molar-refractivity contribution >= 4 is 24.4 Å². The van der Waals surface area contributed by atoms with Crippen molar-refractivity contribution in [3.05, 3.63) is 18.3 Å². The fourth-order valence-electron chi connectivity index (χ4n) is 1.29. The fraction of sp³-hybridized carbons (Fsp3) is 0.333. The van der Waals surface area contributed by atoms with Crippen LogP contribution in [0.4, 0.5) is 5.82 Å². The summed E-state index contributed by atoms with van der Waals surface area (Å²) in [5.41, 5.74) is 0. The summed E-state index contributed by atoms with van der Waals surface area (Å²) in [4.78, 5) is 15.4. The molecule has 14 heavy (non-hydrogen) atoms. The van der Waals surface area contributed by atoms with E-state index in [0.717, 1.165) is 0 Å². The van der Waals surface area contributed by atoms with Crippen LogP contribution in [0.3, 0.4) is 0 Å². The third kappa shape index (κ3) is 1.68. The maximum atomic E-state index is 11.4. The summed E-state index contributed by atoms with van der Waals surface area (Å²) >= 11 is 4.07. The Balaban J connectivity index is 2.22. The molecule has 1 aromatic heterocycles. The Morgan fingerprint density at radius 3 is 3.29 bits per heavy atom. The van der Waals surface area contributed by atoms with Crippen molar-refractivity contribution in [3.8, 4) is 5.75 Å². The Labute approximate surface area is 87.1 Å². The number of hydrogen-bond donors (Lipinski definition) is 2. The summed E-state index contributed by atoms with van der Waals surface area (Å²) in [5.74, 6) is 1.59. The second-order valence-corrected chi connectivity index (χ2v) is 3.41. The van der Waals surface area contributed by atoms with E-state index in [1.807, 2.05) is 0 Å². The number of nitrogens with one attached hydrogen (secondary N) is 1. The van der Waals surface area contributed by atoms with Gasteiger partial charge >= 0.3 is 0 Å². The molecule has 0 aromatic carbocycles. The number of hydrogen-bond acceptors (Lipinski definition) is 4. The summed E-state index contributed by atoms with van der Waals surface area (Å²) in [7, 11) is 0. The lowest BCUT2D eigenvalue weighted by atomic mass is 10.2. The number of ether oxygens (including phenoxy) is 1.